The smallest absolute Gasteiger partial charge is 0.280 e. The molecule has 5 heteroatoms. The average Bonchev–Trinajstić information content (AvgIpc) is 2.85. The molecule has 1 heterocycles. The predicted molar refractivity (Wildman–Crippen MR) is 67.2 cm³/mol. The molecule has 2 N–H and O–H groups in total. The number of rotatable bonds is 3. The van der Waals surface area contributed by atoms with Crippen molar-refractivity contribution in [1.29, 1.82) is 0 Å². The highest BCUT2D eigenvalue weighted by atomic mass is 19.1. The number of hydrogen-bond donors (Lipinski definition) is 2. The molecule has 4 nitrogen and oxygen atoms in total. The third kappa shape index (κ3) is 3.42. The van der Waals surface area contributed by atoms with Crippen molar-refractivity contribution in [2.75, 3.05) is 0 Å². The van der Waals surface area contributed by atoms with Gasteiger partial charge in [0.15, 0.2) is 5.83 Å². The van der Waals surface area contributed by atoms with Crippen LogP contribution in [0.25, 0.3) is 6.08 Å². The molecule has 0 atom stereocenters. The topological polar surface area (TPSA) is 57.8 Å². The van der Waals surface area contributed by atoms with Crippen LogP contribution in [0.4, 0.5) is 4.39 Å². The summed E-state index contributed by atoms with van der Waals surface area (Å²) in [6.45, 7) is 2.21. The first-order valence-corrected chi connectivity index (χ1v) is 6.31. The van der Waals surface area contributed by atoms with Crippen LogP contribution in [-0.2, 0) is 4.79 Å². The normalized spacial score (nSPS) is 24.9. The molecule has 18 heavy (non-hydrogen) atoms. The third-order valence-electron chi connectivity index (χ3n) is 3.37. The van der Waals surface area contributed by atoms with Gasteiger partial charge in [0.25, 0.3) is 5.91 Å². The van der Waals surface area contributed by atoms with Crippen molar-refractivity contribution < 1.29 is 9.18 Å². The number of nitrogens with zero attached hydrogens (tertiary/aromatic N) is 1. The lowest BCUT2D eigenvalue weighted by atomic mass is 9.87. The van der Waals surface area contributed by atoms with Crippen LogP contribution < -0.4 is 5.32 Å². The standard InChI is InChI=1S/C13H18FN3O/c1-9-2-4-10(5-3-9)17-13(18)12(14)6-11-7-15-8-16-11/h6-10H,2-5H2,1H3,(H,15,16)(H,17,18). The second kappa shape index (κ2) is 5.80. The molecule has 1 aliphatic rings. The molecule has 0 radical (unpaired) electrons. The van der Waals surface area contributed by atoms with Crippen LogP contribution >= 0.6 is 0 Å². The van der Waals surface area contributed by atoms with E-state index in [2.05, 4.69) is 22.2 Å². The number of carbonyl (C=O) groups excluding carboxylic acids is 1. The molecule has 0 aromatic carbocycles. The van der Waals surface area contributed by atoms with E-state index in [-0.39, 0.29) is 6.04 Å². The average molecular weight is 251 g/mol. The molecule has 0 bridgehead atoms. The van der Waals surface area contributed by atoms with E-state index in [1.54, 1.807) is 0 Å². The maximum Gasteiger partial charge on any atom is 0.280 e. The van der Waals surface area contributed by atoms with Crippen molar-refractivity contribution in [3.8, 4) is 0 Å². The number of halogens is 1. The van der Waals surface area contributed by atoms with Crippen LogP contribution in [0.3, 0.4) is 0 Å². The lowest BCUT2D eigenvalue weighted by Gasteiger charge is -2.26. The van der Waals surface area contributed by atoms with Crippen LogP contribution in [-0.4, -0.2) is 21.9 Å². The van der Waals surface area contributed by atoms with Gasteiger partial charge in [0.1, 0.15) is 0 Å². The molecule has 1 amide bonds. The summed E-state index contributed by atoms with van der Waals surface area (Å²) >= 11 is 0. The third-order valence-corrected chi connectivity index (χ3v) is 3.37. The minimum Gasteiger partial charge on any atom is -0.347 e. The minimum absolute atomic E-state index is 0.106. The zero-order valence-electron chi connectivity index (χ0n) is 10.4. The highest BCUT2D eigenvalue weighted by Crippen LogP contribution is 2.23. The Hall–Kier alpha value is -1.65. The molecule has 1 fully saturated rings. The first-order chi connectivity index (χ1) is 8.65. The molecule has 2 rings (SSSR count). The van der Waals surface area contributed by atoms with Gasteiger partial charge >= 0.3 is 0 Å². The van der Waals surface area contributed by atoms with Crippen molar-refractivity contribution in [3.05, 3.63) is 24.0 Å². The molecule has 0 aliphatic heterocycles. The summed E-state index contributed by atoms with van der Waals surface area (Å²) in [6, 6.07) is 0.106. The van der Waals surface area contributed by atoms with Gasteiger partial charge in [0, 0.05) is 12.1 Å². The minimum atomic E-state index is -0.780. The van der Waals surface area contributed by atoms with E-state index >= 15 is 0 Å². The van der Waals surface area contributed by atoms with Gasteiger partial charge in [-0.3, -0.25) is 4.79 Å². The second-order valence-electron chi connectivity index (χ2n) is 4.93. The lowest BCUT2D eigenvalue weighted by Crippen LogP contribution is -2.37. The maximum absolute atomic E-state index is 13.6. The molecule has 1 aromatic rings. The van der Waals surface area contributed by atoms with Crippen molar-refractivity contribution in [1.82, 2.24) is 15.3 Å². The quantitative estimate of drug-likeness (QED) is 0.810. The fourth-order valence-corrected chi connectivity index (χ4v) is 2.21. The van der Waals surface area contributed by atoms with Crippen LogP contribution in [0.1, 0.15) is 38.3 Å². The summed E-state index contributed by atoms with van der Waals surface area (Å²) in [6.07, 6.45) is 8.13. The summed E-state index contributed by atoms with van der Waals surface area (Å²) in [5.41, 5.74) is 0.486. The van der Waals surface area contributed by atoms with E-state index in [1.807, 2.05) is 0 Å². The first-order valence-electron chi connectivity index (χ1n) is 6.31. The van der Waals surface area contributed by atoms with E-state index in [1.165, 1.54) is 12.5 Å². The van der Waals surface area contributed by atoms with E-state index in [0.717, 1.165) is 31.8 Å². The Balaban J connectivity index is 1.88. The van der Waals surface area contributed by atoms with E-state index < -0.39 is 11.7 Å². The summed E-state index contributed by atoms with van der Waals surface area (Å²) in [5.74, 6) is -0.703. The molecule has 0 spiro atoms. The lowest BCUT2D eigenvalue weighted by molar-refractivity contribution is -0.119. The van der Waals surface area contributed by atoms with Gasteiger partial charge in [-0.2, -0.15) is 0 Å². The first kappa shape index (κ1) is 12.8. The summed E-state index contributed by atoms with van der Waals surface area (Å²) in [4.78, 5) is 18.1. The number of hydrogen-bond acceptors (Lipinski definition) is 2. The largest absolute Gasteiger partial charge is 0.347 e. The van der Waals surface area contributed by atoms with Crippen LogP contribution in [0.5, 0.6) is 0 Å². The molecular formula is C13H18FN3O. The Morgan fingerprint density at radius 2 is 2.22 bits per heavy atom. The number of carbonyl (C=O) groups is 1. The number of imidazole rings is 1. The fraction of sp³-hybridized carbons (Fsp3) is 0.538. The molecule has 1 aliphatic carbocycles. The SMILES string of the molecule is CC1CCC(NC(=O)C(F)=Cc2cnc[nH]2)CC1. The van der Waals surface area contributed by atoms with Gasteiger partial charge in [-0.05, 0) is 31.6 Å². The van der Waals surface area contributed by atoms with E-state index in [4.69, 9.17) is 0 Å². The Morgan fingerprint density at radius 3 is 2.83 bits per heavy atom. The Morgan fingerprint density at radius 1 is 1.50 bits per heavy atom. The van der Waals surface area contributed by atoms with E-state index in [0.29, 0.717) is 11.6 Å². The van der Waals surface area contributed by atoms with Crippen molar-refractivity contribution >= 4 is 12.0 Å². The van der Waals surface area contributed by atoms with Gasteiger partial charge in [-0.15, -0.1) is 0 Å². The predicted octanol–water partition coefficient (Wildman–Crippen LogP) is 2.42. The van der Waals surface area contributed by atoms with Crippen LogP contribution in [0.15, 0.2) is 18.4 Å². The summed E-state index contributed by atoms with van der Waals surface area (Å²) in [5, 5.41) is 2.74. The zero-order valence-corrected chi connectivity index (χ0v) is 10.4. The Bertz CT molecular complexity index is 419. The van der Waals surface area contributed by atoms with Crippen molar-refractivity contribution in [2.45, 2.75) is 38.6 Å². The number of H-pyrrole nitrogens is 1. The summed E-state index contributed by atoms with van der Waals surface area (Å²) < 4.78 is 13.6. The zero-order chi connectivity index (χ0) is 13.0. The molecule has 0 saturated heterocycles. The second-order valence-corrected chi connectivity index (χ2v) is 4.93. The monoisotopic (exact) mass is 251 g/mol. The molecule has 0 unspecified atom stereocenters. The van der Waals surface area contributed by atoms with Crippen molar-refractivity contribution in [3.63, 3.8) is 0 Å². The highest BCUT2D eigenvalue weighted by molar-refractivity contribution is 5.95. The van der Waals surface area contributed by atoms with Crippen molar-refractivity contribution in [2.24, 2.45) is 5.92 Å². The molecular weight excluding hydrogens is 233 g/mol. The van der Waals surface area contributed by atoms with Gasteiger partial charge in [0.05, 0.1) is 18.2 Å². The summed E-state index contributed by atoms with van der Waals surface area (Å²) in [7, 11) is 0. The van der Waals surface area contributed by atoms with Gasteiger partial charge in [-0.1, -0.05) is 6.92 Å². The van der Waals surface area contributed by atoms with Crippen LogP contribution in [0.2, 0.25) is 0 Å². The molecule has 1 saturated carbocycles. The van der Waals surface area contributed by atoms with Gasteiger partial charge < -0.3 is 10.3 Å². The maximum atomic E-state index is 13.6. The van der Waals surface area contributed by atoms with Gasteiger partial charge in [0.2, 0.25) is 0 Å². The Kier molecular flexibility index (Phi) is 4.12. The Labute approximate surface area is 106 Å². The number of aromatic amines is 1. The fourth-order valence-electron chi connectivity index (χ4n) is 2.21. The van der Waals surface area contributed by atoms with E-state index in [9.17, 15) is 9.18 Å². The highest BCUT2D eigenvalue weighted by Gasteiger charge is 2.21. The number of nitrogens with one attached hydrogen (secondary N) is 2. The molecule has 98 valence electrons. The number of amides is 1. The van der Waals surface area contributed by atoms with Crippen LogP contribution in [0, 0.1) is 5.92 Å². The molecule has 1 aromatic heterocycles. The number of aromatic nitrogens is 2. The van der Waals surface area contributed by atoms with Gasteiger partial charge in [-0.25, -0.2) is 9.37 Å².